The van der Waals surface area contributed by atoms with Crippen LogP contribution in [-0.4, -0.2) is 42.2 Å². The molecule has 0 radical (unpaired) electrons. The molecule has 0 bridgehead atoms. The summed E-state index contributed by atoms with van der Waals surface area (Å²) in [6, 6.07) is 7.42. The number of carbonyl (C=O) groups is 2. The number of hydrogen-bond donors (Lipinski definition) is 0. The van der Waals surface area contributed by atoms with Crippen molar-refractivity contribution in [3.8, 4) is 0 Å². The van der Waals surface area contributed by atoms with Gasteiger partial charge in [-0.05, 0) is 36.3 Å². The lowest BCUT2D eigenvalue weighted by Crippen LogP contribution is -2.35. The van der Waals surface area contributed by atoms with E-state index in [1.54, 1.807) is 12.1 Å². The number of ether oxygens (including phenoxy) is 1. The maximum Gasteiger partial charge on any atom is 0.338 e. The van der Waals surface area contributed by atoms with E-state index in [9.17, 15) is 9.59 Å². The fraction of sp³-hybridized carbons (Fsp3) is 0.556. The number of amides is 1. The van der Waals surface area contributed by atoms with Gasteiger partial charge in [-0.1, -0.05) is 31.9 Å². The summed E-state index contributed by atoms with van der Waals surface area (Å²) in [5.41, 5.74) is 1.69. The second kappa shape index (κ2) is 9.60. The second-order valence-corrected chi connectivity index (χ2v) is 6.98. The van der Waals surface area contributed by atoms with Crippen LogP contribution in [0.5, 0.6) is 0 Å². The molecule has 0 atom stereocenters. The number of thioether (sulfide) groups is 1. The van der Waals surface area contributed by atoms with Gasteiger partial charge in [-0.2, -0.15) is 11.8 Å². The molecule has 0 aromatic heterocycles. The number of hydrogen-bond acceptors (Lipinski definition) is 4. The molecule has 0 N–H and O–H groups in total. The molecule has 23 heavy (non-hydrogen) atoms. The lowest BCUT2D eigenvalue weighted by Gasteiger charge is -2.19. The molecule has 1 aromatic carbocycles. The molecule has 0 aliphatic carbocycles. The van der Waals surface area contributed by atoms with Crippen LogP contribution in [0.2, 0.25) is 0 Å². The molecule has 4 nitrogen and oxygen atoms in total. The summed E-state index contributed by atoms with van der Waals surface area (Å²) in [6.45, 7) is 3.52. The highest BCUT2D eigenvalue weighted by Gasteiger charge is 2.17. The first-order valence-electron chi connectivity index (χ1n) is 8.32. The van der Waals surface area contributed by atoms with E-state index in [1.165, 1.54) is 18.4 Å². The highest BCUT2D eigenvalue weighted by Crippen LogP contribution is 2.14. The molecule has 2 rings (SSSR count). The molecule has 0 spiro atoms. The van der Waals surface area contributed by atoms with Crippen molar-refractivity contribution in [1.82, 2.24) is 4.90 Å². The first-order chi connectivity index (χ1) is 11.2. The third kappa shape index (κ3) is 5.90. The Labute approximate surface area is 142 Å². The molecule has 1 aliphatic rings. The van der Waals surface area contributed by atoms with Gasteiger partial charge in [0, 0.05) is 18.8 Å². The summed E-state index contributed by atoms with van der Waals surface area (Å²) < 4.78 is 5.17. The lowest BCUT2D eigenvalue weighted by atomic mass is 10.1. The van der Waals surface area contributed by atoms with E-state index in [1.807, 2.05) is 28.8 Å². The maximum absolute atomic E-state index is 12.1. The minimum atomic E-state index is -0.428. The zero-order chi connectivity index (χ0) is 16.5. The highest BCUT2D eigenvalue weighted by molar-refractivity contribution is 7.98. The van der Waals surface area contributed by atoms with Crippen molar-refractivity contribution in [1.29, 1.82) is 0 Å². The Morgan fingerprint density at radius 2 is 1.74 bits per heavy atom. The van der Waals surface area contributed by atoms with E-state index in [4.69, 9.17) is 4.74 Å². The number of benzene rings is 1. The molecule has 126 valence electrons. The number of esters is 1. The van der Waals surface area contributed by atoms with Crippen molar-refractivity contribution >= 4 is 23.6 Å². The van der Waals surface area contributed by atoms with Crippen molar-refractivity contribution in [3.05, 3.63) is 35.4 Å². The minimum absolute atomic E-state index is 0.0868. The second-order valence-electron chi connectivity index (χ2n) is 5.71. The summed E-state index contributed by atoms with van der Waals surface area (Å²) >= 11 is 1.84. The van der Waals surface area contributed by atoms with Gasteiger partial charge in [0.1, 0.15) is 0 Å². The fourth-order valence-corrected chi connectivity index (χ4v) is 3.21. The summed E-state index contributed by atoms with van der Waals surface area (Å²) in [4.78, 5) is 25.9. The van der Waals surface area contributed by atoms with E-state index < -0.39 is 5.97 Å². The standard InChI is InChI=1S/C18H25NO3S/c1-2-23-14-15-7-9-16(10-8-15)18(21)22-13-17(20)19-11-5-3-4-6-12-19/h7-10H,2-6,11-14H2,1H3. The molecular formula is C18H25NO3S. The van der Waals surface area contributed by atoms with Crippen LogP contribution < -0.4 is 0 Å². The topological polar surface area (TPSA) is 46.6 Å². The van der Waals surface area contributed by atoms with Gasteiger partial charge in [0.25, 0.3) is 5.91 Å². The zero-order valence-corrected chi connectivity index (χ0v) is 14.6. The van der Waals surface area contributed by atoms with Gasteiger partial charge in [-0.25, -0.2) is 4.79 Å². The van der Waals surface area contributed by atoms with Crippen LogP contribution in [0.4, 0.5) is 0 Å². The SMILES string of the molecule is CCSCc1ccc(C(=O)OCC(=O)N2CCCCCC2)cc1. The molecular weight excluding hydrogens is 310 g/mol. The van der Waals surface area contributed by atoms with Gasteiger partial charge >= 0.3 is 5.97 Å². The fourth-order valence-electron chi connectivity index (χ4n) is 2.58. The summed E-state index contributed by atoms with van der Waals surface area (Å²) in [5, 5.41) is 0. The molecule has 1 heterocycles. The van der Waals surface area contributed by atoms with Gasteiger partial charge in [-0.15, -0.1) is 0 Å². The maximum atomic E-state index is 12.1. The largest absolute Gasteiger partial charge is 0.452 e. The Bertz CT molecular complexity index is 508. The van der Waals surface area contributed by atoms with Crippen LogP contribution in [0.3, 0.4) is 0 Å². The number of likely N-dealkylation sites (tertiary alicyclic amines) is 1. The Balaban J connectivity index is 1.80. The van der Waals surface area contributed by atoms with Crippen molar-refractivity contribution in [2.45, 2.75) is 38.4 Å². The average Bonchev–Trinajstić information content (AvgIpc) is 2.87. The van der Waals surface area contributed by atoms with Crippen LogP contribution in [-0.2, 0) is 15.3 Å². The van der Waals surface area contributed by atoms with Crippen LogP contribution in [0.15, 0.2) is 24.3 Å². The quantitative estimate of drug-likeness (QED) is 0.747. The summed E-state index contributed by atoms with van der Waals surface area (Å²) in [7, 11) is 0. The molecule has 1 amide bonds. The van der Waals surface area contributed by atoms with Gasteiger partial charge in [0.15, 0.2) is 6.61 Å². The van der Waals surface area contributed by atoms with E-state index in [0.29, 0.717) is 5.56 Å². The average molecular weight is 335 g/mol. The van der Waals surface area contributed by atoms with Crippen LogP contribution in [0, 0.1) is 0 Å². The van der Waals surface area contributed by atoms with Crippen LogP contribution in [0.25, 0.3) is 0 Å². The summed E-state index contributed by atoms with van der Waals surface area (Å²) in [6.07, 6.45) is 4.42. The normalized spacial score (nSPS) is 15.1. The zero-order valence-electron chi connectivity index (χ0n) is 13.8. The third-order valence-electron chi connectivity index (χ3n) is 3.95. The predicted octanol–water partition coefficient (Wildman–Crippen LogP) is 3.50. The van der Waals surface area contributed by atoms with Crippen molar-refractivity contribution < 1.29 is 14.3 Å². The molecule has 1 aliphatic heterocycles. The number of nitrogens with zero attached hydrogens (tertiary/aromatic N) is 1. The van der Waals surface area contributed by atoms with Crippen LogP contribution in [0.1, 0.15) is 48.5 Å². The van der Waals surface area contributed by atoms with Crippen molar-refractivity contribution in [3.63, 3.8) is 0 Å². The Morgan fingerprint density at radius 3 is 2.35 bits per heavy atom. The first kappa shape index (κ1) is 17.9. The number of carbonyl (C=O) groups excluding carboxylic acids is 2. The molecule has 1 fully saturated rings. The predicted molar refractivity (Wildman–Crippen MR) is 93.6 cm³/mol. The third-order valence-corrected chi connectivity index (χ3v) is 4.89. The summed E-state index contributed by atoms with van der Waals surface area (Å²) in [5.74, 6) is 1.50. The minimum Gasteiger partial charge on any atom is -0.452 e. The van der Waals surface area contributed by atoms with Gasteiger partial charge in [-0.3, -0.25) is 4.79 Å². The molecule has 0 saturated carbocycles. The number of rotatable bonds is 6. The monoisotopic (exact) mass is 335 g/mol. The highest BCUT2D eigenvalue weighted by atomic mass is 32.2. The molecule has 5 heteroatoms. The van der Waals surface area contributed by atoms with E-state index in [-0.39, 0.29) is 12.5 Å². The van der Waals surface area contributed by atoms with Gasteiger partial charge in [0.2, 0.25) is 0 Å². The molecule has 1 aromatic rings. The Hall–Kier alpha value is -1.49. The van der Waals surface area contributed by atoms with Gasteiger partial charge in [0.05, 0.1) is 5.56 Å². The first-order valence-corrected chi connectivity index (χ1v) is 9.47. The van der Waals surface area contributed by atoms with Crippen molar-refractivity contribution in [2.75, 3.05) is 25.4 Å². The Morgan fingerprint density at radius 1 is 1.09 bits per heavy atom. The van der Waals surface area contributed by atoms with E-state index in [0.717, 1.165) is 37.4 Å². The molecule has 0 unspecified atom stereocenters. The van der Waals surface area contributed by atoms with E-state index in [2.05, 4.69) is 6.92 Å². The van der Waals surface area contributed by atoms with Crippen LogP contribution >= 0.6 is 11.8 Å². The van der Waals surface area contributed by atoms with E-state index >= 15 is 0 Å². The van der Waals surface area contributed by atoms with Gasteiger partial charge < -0.3 is 9.64 Å². The Kier molecular flexibility index (Phi) is 7.46. The lowest BCUT2D eigenvalue weighted by molar-refractivity contribution is -0.134. The van der Waals surface area contributed by atoms with Crippen molar-refractivity contribution in [2.24, 2.45) is 0 Å². The smallest absolute Gasteiger partial charge is 0.338 e. The molecule has 1 saturated heterocycles.